The van der Waals surface area contributed by atoms with Gasteiger partial charge in [-0.25, -0.2) is 4.98 Å². The maximum Gasteiger partial charge on any atom is 0.180 e. The van der Waals surface area contributed by atoms with Crippen LogP contribution < -0.4 is 5.32 Å². The van der Waals surface area contributed by atoms with Gasteiger partial charge in [0.05, 0.1) is 5.69 Å². The Hall–Kier alpha value is -0.870. The molecule has 2 saturated heterocycles. The van der Waals surface area contributed by atoms with Crippen molar-refractivity contribution in [2.75, 3.05) is 13.1 Å². The van der Waals surface area contributed by atoms with E-state index in [4.69, 9.17) is 4.42 Å². The van der Waals surface area contributed by atoms with Crippen LogP contribution in [0.4, 0.5) is 0 Å². The first-order valence-electron chi connectivity index (χ1n) is 5.75. The number of nitrogens with one attached hydrogen (secondary N) is 1. The largest absolute Gasteiger partial charge is 0.451 e. The van der Waals surface area contributed by atoms with Crippen molar-refractivity contribution in [2.24, 2.45) is 0 Å². The van der Waals surface area contributed by atoms with Crippen LogP contribution in [-0.4, -0.2) is 35.1 Å². The average Bonchev–Trinajstić information content (AvgIpc) is 2.70. The molecule has 3 heterocycles. The van der Waals surface area contributed by atoms with Crippen molar-refractivity contribution in [1.29, 1.82) is 0 Å². The van der Waals surface area contributed by atoms with Gasteiger partial charge in [-0.2, -0.15) is 0 Å². The molecule has 1 aromatic rings. The van der Waals surface area contributed by atoms with Gasteiger partial charge in [0.1, 0.15) is 6.26 Å². The molecule has 82 valence electrons. The Kier molecular flexibility index (Phi) is 2.46. The molecule has 2 fully saturated rings. The molecule has 0 radical (unpaired) electrons. The van der Waals surface area contributed by atoms with E-state index in [2.05, 4.69) is 15.2 Å². The summed E-state index contributed by atoms with van der Waals surface area (Å²) in [5.41, 5.74) is 1.05. The molecule has 2 atom stereocenters. The zero-order valence-corrected chi connectivity index (χ0v) is 8.85. The van der Waals surface area contributed by atoms with Crippen LogP contribution in [-0.2, 0) is 6.54 Å². The fraction of sp³-hybridized carbons (Fsp3) is 0.727. The van der Waals surface area contributed by atoms with Crippen molar-refractivity contribution in [3.05, 3.63) is 18.4 Å². The molecule has 0 saturated carbocycles. The summed E-state index contributed by atoms with van der Waals surface area (Å²) in [4.78, 5) is 6.66. The van der Waals surface area contributed by atoms with E-state index >= 15 is 0 Å². The zero-order valence-electron chi connectivity index (χ0n) is 8.85. The van der Waals surface area contributed by atoms with Gasteiger partial charge in [-0.15, -0.1) is 0 Å². The molecule has 1 aromatic heterocycles. The second-order valence-corrected chi connectivity index (χ2v) is 4.67. The number of hydrogen-bond acceptors (Lipinski definition) is 4. The third-order valence-electron chi connectivity index (χ3n) is 3.40. The van der Waals surface area contributed by atoms with E-state index in [1.54, 1.807) is 6.26 Å². The van der Waals surface area contributed by atoms with Crippen LogP contribution in [0.25, 0.3) is 0 Å². The number of aromatic nitrogens is 1. The molecule has 15 heavy (non-hydrogen) atoms. The van der Waals surface area contributed by atoms with Gasteiger partial charge >= 0.3 is 0 Å². The molecule has 2 bridgehead atoms. The van der Waals surface area contributed by atoms with Crippen LogP contribution in [0.1, 0.15) is 25.0 Å². The first kappa shape index (κ1) is 9.36. The smallest absolute Gasteiger partial charge is 0.180 e. The van der Waals surface area contributed by atoms with E-state index < -0.39 is 0 Å². The lowest BCUT2D eigenvalue weighted by Gasteiger charge is -2.42. The third-order valence-corrected chi connectivity index (χ3v) is 3.40. The number of oxazole rings is 1. The number of likely N-dealkylation sites (tertiary alicyclic amines) is 1. The molecule has 2 aliphatic rings. The number of piperazine rings is 1. The lowest BCUT2D eigenvalue weighted by molar-refractivity contribution is 0.118. The molecular formula is C11H17N3O. The Bertz CT molecular complexity index is 300. The van der Waals surface area contributed by atoms with Gasteiger partial charge in [-0.1, -0.05) is 6.42 Å². The van der Waals surface area contributed by atoms with Gasteiger partial charge in [0.15, 0.2) is 6.39 Å². The summed E-state index contributed by atoms with van der Waals surface area (Å²) >= 11 is 0. The second kappa shape index (κ2) is 3.94. The maximum absolute atomic E-state index is 5.00. The highest BCUT2D eigenvalue weighted by Crippen LogP contribution is 2.20. The highest BCUT2D eigenvalue weighted by Gasteiger charge is 2.29. The van der Waals surface area contributed by atoms with E-state index in [9.17, 15) is 0 Å². The summed E-state index contributed by atoms with van der Waals surface area (Å²) in [6.07, 6.45) is 7.30. The van der Waals surface area contributed by atoms with Gasteiger partial charge in [0.25, 0.3) is 0 Å². The summed E-state index contributed by atoms with van der Waals surface area (Å²) in [5, 5.41) is 3.68. The molecule has 0 aromatic carbocycles. The molecule has 0 amide bonds. The highest BCUT2D eigenvalue weighted by molar-refractivity contribution is 4.95. The predicted octanol–water partition coefficient (Wildman–Crippen LogP) is 1.00. The minimum atomic E-state index is 0.699. The Balaban J connectivity index is 1.63. The SMILES string of the molecule is c1nc(CN2CC3CCCC(C2)N3)co1. The highest BCUT2D eigenvalue weighted by atomic mass is 16.3. The summed E-state index contributed by atoms with van der Waals surface area (Å²) < 4.78 is 5.00. The van der Waals surface area contributed by atoms with E-state index in [1.807, 2.05) is 0 Å². The first-order chi connectivity index (χ1) is 7.40. The number of hydrogen-bond donors (Lipinski definition) is 1. The van der Waals surface area contributed by atoms with Crippen LogP contribution in [0.2, 0.25) is 0 Å². The number of rotatable bonds is 2. The summed E-state index contributed by atoms with van der Waals surface area (Å²) in [6.45, 7) is 3.25. The van der Waals surface area contributed by atoms with Crippen molar-refractivity contribution >= 4 is 0 Å². The summed E-state index contributed by atoms with van der Waals surface area (Å²) in [5.74, 6) is 0. The van der Waals surface area contributed by atoms with Gasteiger partial charge in [-0.3, -0.25) is 4.90 Å². The molecule has 3 rings (SSSR count). The van der Waals surface area contributed by atoms with Crippen LogP contribution >= 0.6 is 0 Å². The lowest BCUT2D eigenvalue weighted by Crippen LogP contribution is -2.58. The van der Waals surface area contributed by atoms with E-state index in [0.717, 1.165) is 25.3 Å². The Morgan fingerprint density at radius 3 is 2.87 bits per heavy atom. The quantitative estimate of drug-likeness (QED) is 0.785. The topological polar surface area (TPSA) is 41.3 Å². The minimum Gasteiger partial charge on any atom is -0.451 e. The number of piperidine rings is 1. The molecular weight excluding hydrogens is 190 g/mol. The zero-order chi connectivity index (χ0) is 10.1. The van der Waals surface area contributed by atoms with Gasteiger partial charge in [0.2, 0.25) is 0 Å². The van der Waals surface area contributed by atoms with Crippen LogP contribution in [0.5, 0.6) is 0 Å². The molecule has 0 spiro atoms. The Labute approximate surface area is 89.7 Å². The monoisotopic (exact) mass is 207 g/mol. The molecule has 2 unspecified atom stereocenters. The van der Waals surface area contributed by atoms with E-state index in [-0.39, 0.29) is 0 Å². The van der Waals surface area contributed by atoms with Crippen molar-refractivity contribution in [3.63, 3.8) is 0 Å². The van der Waals surface area contributed by atoms with E-state index in [1.165, 1.54) is 25.7 Å². The van der Waals surface area contributed by atoms with Gasteiger partial charge in [0, 0.05) is 31.7 Å². The van der Waals surface area contributed by atoms with Crippen molar-refractivity contribution < 1.29 is 4.42 Å². The van der Waals surface area contributed by atoms with Crippen LogP contribution in [0.15, 0.2) is 17.1 Å². The lowest BCUT2D eigenvalue weighted by atomic mass is 9.94. The van der Waals surface area contributed by atoms with Crippen LogP contribution in [0.3, 0.4) is 0 Å². The predicted molar refractivity (Wildman–Crippen MR) is 56.3 cm³/mol. The molecule has 2 aliphatic heterocycles. The normalized spacial score (nSPS) is 31.7. The fourth-order valence-electron chi connectivity index (χ4n) is 2.77. The maximum atomic E-state index is 5.00. The van der Waals surface area contributed by atoms with Crippen molar-refractivity contribution in [3.8, 4) is 0 Å². The minimum absolute atomic E-state index is 0.699. The second-order valence-electron chi connectivity index (χ2n) is 4.67. The van der Waals surface area contributed by atoms with E-state index in [0.29, 0.717) is 12.1 Å². The number of fused-ring (bicyclic) bond motifs is 2. The summed E-state index contributed by atoms with van der Waals surface area (Å²) in [6, 6.07) is 1.40. The average molecular weight is 207 g/mol. The van der Waals surface area contributed by atoms with Gasteiger partial charge in [-0.05, 0) is 12.8 Å². The molecule has 4 nitrogen and oxygen atoms in total. The molecule has 4 heteroatoms. The van der Waals surface area contributed by atoms with Crippen molar-refractivity contribution in [2.45, 2.75) is 37.9 Å². The molecule has 0 aliphatic carbocycles. The third kappa shape index (κ3) is 2.06. The van der Waals surface area contributed by atoms with Gasteiger partial charge < -0.3 is 9.73 Å². The fourth-order valence-corrected chi connectivity index (χ4v) is 2.77. The standard InChI is InChI=1S/C11H17N3O/c1-2-9-4-14(5-10(3-1)13-9)6-11-7-15-8-12-11/h7-10,13H,1-6H2. The van der Waals surface area contributed by atoms with Crippen LogP contribution in [0, 0.1) is 0 Å². The summed E-state index contributed by atoms with van der Waals surface area (Å²) in [7, 11) is 0. The number of nitrogens with zero attached hydrogens (tertiary/aromatic N) is 2. The Morgan fingerprint density at radius 1 is 1.40 bits per heavy atom. The Morgan fingerprint density at radius 2 is 2.20 bits per heavy atom. The molecule has 1 N–H and O–H groups in total. The first-order valence-corrected chi connectivity index (χ1v) is 5.75. The van der Waals surface area contributed by atoms with Crippen molar-refractivity contribution in [1.82, 2.24) is 15.2 Å².